The summed E-state index contributed by atoms with van der Waals surface area (Å²) in [5.41, 5.74) is 1.09. The molecule has 0 bridgehead atoms. The first-order chi connectivity index (χ1) is 9.67. The maximum Gasteiger partial charge on any atom is 0.406 e. The van der Waals surface area contributed by atoms with Gasteiger partial charge in [-0.15, -0.1) is 0 Å². The van der Waals surface area contributed by atoms with E-state index in [1.807, 2.05) is 31.3 Å². The lowest BCUT2D eigenvalue weighted by molar-refractivity contribution is 0.171. The standard InChI is InChI=1S/C14H22ClN3O2/c1-16-8-10-18(9-4-7-17-14(19)20-2)13-6-3-5-12(15)11-13/h3,5-6,11,16H,4,7-10H2,1-2H3,(H,17,19). The molecule has 2 N–H and O–H groups in total. The Hall–Kier alpha value is -1.46. The third-order valence-electron chi connectivity index (χ3n) is 2.86. The second-order valence-corrected chi connectivity index (χ2v) is 4.78. The van der Waals surface area contributed by atoms with Gasteiger partial charge in [-0.2, -0.15) is 0 Å². The molecule has 0 fully saturated rings. The Kier molecular flexibility index (Phi) is 7.84. The van der Waals surface area contributed by atoms with Gasteiger partial charge in [0, 0.05) is 36.9 Å². The summed E-state index contributed by atoms with van der Waals surface area (Å²) in [6.45, 7) is 3.20. The van der Waals surface area contributed by atoms with Crippen molar-refractivity contribution in [3.8, 4) is 0 Å². The quantitative estimate of drug-likeness (QED) is 0.722. The number of likely N-dealkylation sites (N-methyl/N-ethyl adjacent to an activating group) is 1. The minimum atomic E-state index is -0.394. The molecule has 112 valence electrons. The molecule has 0 radical (unpaired) electrons. The van der Waals surface area contributed by atoms with Crippen LogP contribution in [0.4, 0.5) is 10.5 Å². The van der Waals surface area contributed by atoms with Gasteiger partial charge in [-0.3, -0.25) is 0 Å². The highest BCUT2D eigenvalue weighted by atomic mass is 35.5. The van der Waals surface area contributed by atoms with E-state index in [0.717, 1.165) is 36.8 Å². The highest BCUT2D eigenvalue weighted by Crippen LogP contribution is 2.19. The summed E-state index contributed by atoms with van der Waals surface area (Å²) < 4.78 is 4.53. The number of hydrogen-bond donors (Lipinski definition) is 2. The fourth-order valence-electron chi connectivity index (χ4n) is 1.82. The van der Waals surface area contributed by atoms with Gasteiger partial charge in [0.25, 0.3) is 0 Å². The number of carbonyl (C=O) groups is 1. The van der Waals surface area contributed by atoms with Crippen LogP contribution < -0.4 is 15.5 Å². The number of benzene rings is 1. The summed E-state index contributed by atoms with van der Waals surface area (Å²) in [6, 6.07) is 7.79. The van der Waals surface area contributed by atoms with Crippen molar-refractivity contribution < 1.29 is 9.53 Å². The third-order valence-corrected chi connectivity index (χ3v) is 3.10. The number of halogens is 1. The zero-order chi connectivity index (χ0) is 14.8. The maximum atomic E-state index is 11.0. The molecule has 20 heavy (non-hydrogen) atoms. The molecule has 0 heterocycles. The van der Waals surface area contributed by atoms with Gasteiger partial charge in [-0.1, -0.05) is 17.7 Å². The fourth-order valence-corrected chi connectivity index (χ4v) is 2.01. The monoisotopic (exact) mass is 299 g/mol. The van der Waals surface area contributed by atoms with Gasteiger partial charge in [-0.25, -0.2) is 4.79 Å². The topological polar surface area (TPSA) is 53.6 Å². The third kappa shape index (κ3) is 6.12. The van der Waals surface area contributed by atoms with Gasteiger partial charge in [0.15, 0.2) is 0 Å². The van der Waals surface area contributed by atoms with Crippen LogP contribution in [0.15, 0.2) is 24.3 Å². The van der Waals surface area contributed by atoms with E-state index in [2.05, 4.69) is 20.3 Å². The van der Waals surface area contributed by atoms with Crippen molar-refractivity contribution in [3.05, 3.63) is 29.3 Å². The smallest absolute Gasteiger partial charge is 0.406 e. The van der Waals surface area contributed by atoms with Crippen molar-refractivity contribution in [2.24, 2.45) is 0 Å². The van der Waals surface area contributed by atoms with Gasteiger partial charge < -0.3 is 20.3 Å². The van der Waals surface area contributed by atoms with E-state index in [-0.39, 0.29) is 0 Å². The van der Waals surface area contributed by atoms with Crippen molar-refractivity contribution in [2.45, 2.75) is 6.42 Å². The first-order valence-corrected chi connectivity index (χ1v) is 7.02. The second-order valence-electron chi connectivity index (χ2n) is 4.34. The predicted octanol–water partition coefficient (Wildman–Crippen LogP) is 2.11. The van der Waals surface area contributed by atoms with Crippen LogP contribution in [-0.2, 0) is 4.74 Å². The summed E-state index contributed by atoms with van der Waals surface area (Å²) >= 11 is 6.03. The lowest BCUT2D eigenvalue weighted by Gasteiger charge is -2.25. The van der Waals surface area contributed by atoms with Crippen LogP contribution in [0, 0.1) is 0 Å². The summed E-state index contributed by atoms with van der Waals surface area (Å²) in [5, 5.41) is 6.54. The Balaban J connectivity index is 2.49. The number of anilines is 1. The molecule has 0 aromatic heterocycles. The Morgan fingerprint density at radius 1 is 1.35 bits per heavy atom. The number of carbonyl (C=O) groups excluding carboxylic acids is 1. The lowest BCUT2D eigenvalue weighted by atomic mass is 10.2. The van der Waals surface area contributed by atoms with Crippen LogP contribution in [0.1, 0.15) is 6.42 Å². The molecule has 0 atom stereocenters. The maximum absolute atomic E-state index is 11.0. The highest BCUT2D eigenvalue weighted by molar-refractivity contribution is 6.30. The number of hydrogen-bond acceptors (Lipinski definition) is 4. The largest absolute Gasteiger partial charge is 0.453 e. The number of rotatable bonds is 8. The summed E-state index contributed by atoms with van der Waals surface area (Å²) in [6.07, 6.45) is 0.445. The molecule has 0 unspecified atom stereocenters. The zero-order valence-electron chi connectivity index (χ0n) is 12.0. The number of methoxy groups -OCH3 is 1. The van der Waals surface area contributed by atoms with E-state index in [4.69, 9.17) is 11.6 Å². The highest BCUT2D eigenvalue weighted by Gasteiger charge is 2.07. The van der Waals surface area contributed by atoms with Gasteiger partial charge in [-0.05, 0) is 31.7 Å². The predicted molar refractivity (Wildman–Crippen MR) is 82.6 cm³/mol. The van der Waals surface area contributed by atoms with Crippen LogP contribution in [0.2, 0.25) is 5.02 Å². The Labute approximate surface area is 125 Å². The number of amides is 1. The van der Waals surface area contributed by atoms with Gasteiger partial charge in [0.2, 0.25) is 0 Å². The normalized spacial score (nSPS) is 10.2. The molecule has 0 saturated heterocycles. The van der Waals surface area contributed by atoms with Gasteiger partial charge in [0.1, 0.15) is 0 Å². The Morgan fingerprint density at radius 3 is 2.80 bits per heavy atom. The molecule has 5 nitrogen and oxygen atoms in total. The van der Waals surface area contributed by atoms with E-state index in [0.29, 0.717) is 6.54 Å². The Morgan fingerprint density at radius 2 is 2.15 bits per heavy atom. The average molecular weight is 300 g/mol. The Bertz CT molecular complexity index is 415. The van der Waals surface area contributed by atoms with E-state index in [9.17, 15) is 4.79 Å². The van der Waals surface area contributed by atoms with Crippen molar-refractivity contribution in [2.75, 3.05) is 45.2 Å². The SMILES string of the molecule is CNCCN(CCCNC(=O)OC)c1cccc(Cl)c1. The molecule has 1 aromatic carbocycles. The van der Waals surface area contributed by atoms with E-state index < -0.39 is 6.09 Å². The molecule has 0 spiro atoms. The average Bonchev–Trinajstić information content (AvgIpc) is 2.46. The van der Waals surface area contributed by atoms with Crippen LogP contribution in [0.3, 0.4) is 0 Å². The molecule has 0 aliphatic rings. The number of ether oxygens (including phenoxy) is 1. The molecule has 1 amide bonds. The first kappa shape index (κ1) is 16.6. The second kappa shape index (κ2) is 9.44. The minimum Gasteiger partial charge on any atom is -0.453 e. The summed E-state index contributed by atoms with van der Waals surface area (Å²) in [5.74, 6) is 0. The van der Waals surface area contributed by atoms with Crippen molar-refractivity contribution in [1.82, 2.24) is 10.6 Å². The van der Waals surface area contributed by atoms with Crippen LogP contribution in [0.25, 0.3) is 0 Å². The number of nitrogens with zero attached hydrogens (tertiary/aromatic N) is 1. The minimum absolute atomic E-state index is 0.394. The van der Waals surface area contributed by atoms with Crippen molar-refractivity contribution in [1.29, 1.82) is 0 Å². The van der Waals surface area contributed by atoms with E-state index in [1.54, 1.807) is 0 Å². The molecule has 1 rings (SSSR count). The van der Waals surface area contributed by atoms with Crippen LogP contribution in [0.5, 0.6) is 0 Å². The van der Waals surface area contributed by atoms with Crippen LogP contribution >= 0.6 is 11.6 Å². The number of alkyl carbamates (subject to hydrolysis) is 1. The lowest BCUT2D eigenvalue weighted by Crippen LogP contribution is -2.34. The molecule has 6 heteroatoms. The molecule has 0 aliphatic carbocycles. The first-order valence-electron chi connectivity index (χ1n) is 6.64. The number of nitrogens with one attached hydrogen (secondary N) is 2. The van der Waals surface area contributed by atoms with Gasteiger partial charge in [0.05, 0.1) is 7.11 Å². The summed E-state index contributed by atoms with van der Waals surface area (Å²) in [4.78, 5) is 13.2. The zero-order valence-corrected chi connectivity index (χ0v) is 12.7. The van der Waals surface area contributed by atoms with Crippen LogP contribution in [-0.4, -0.2) is 46.4 Å². The van der Waals surface area contributed by atoms with E-state index >= 15 is 0 Å². The fraction of sp³-hybridized carbons (Fsp3) is 0.500. The molecule has 1 aromatic rings. The van der Waals surface area contributed by atoms with Crippen molar-refractivity contribution in [3.63, 3.8) is 0 Å². The molecule has 0 aliphatic heterocycles. The van der Waals surface area contributed by atoms with Gasteiger partial charge >= 0.3 is 6.09 Å². The van der Waals surface area contributed by atoms with E-state index in [1.165, 1.54) is 7.11 Å². The molecular formula is C14H22ClN3O2. The molecule has 0 saturated carbocycles. The molecular weight excluding hydrogens is 278 g/mol. The summed E-state index contributed by atoms with van der Waals surface area (Å²) in [7, 11) is 3.29. The van der Waals surface area contributed by atoms with Crippen molar-refractivity contribution >= 4 is 23.4 Å².